The van der Waals surface area contributed by atoms with Gasteiger partial charge in [-0.15, -0.1) is 0 Å². The van der Waals surface area contributed by atoms with Crippen LogP contribution in [0.2, 0.25) is 0 Å². The molecule has 5 heterocycles. The van der Waals surface area contributed by atoms with Gasteiger partial charge in [0.15, 0.2) is 0 Å². The van der Waals surface area contributed by atoms with E-state index in [9.17, 15) is 19.2 Å². The summed E-state index contributed by atoms with van der Waals surface area (Å²) in [5.41, 5.74) is 5.37. The first-order chi connectivity index (χ1) is 31.9. The molecule has 0 spiro atoms. The molecule has 0 unspecified atom stereocenters. The monoisotopic (exact) mass is 880 g/mol. The van der Waals surface area contributed by atoms with E-state index in [1.54, 1.807) is 9.80 Å². The maximum atomic E-state index is 14.3. The second-order valence-corrected chi connectivity index (χ2v) is 16.9. The van der Waals surface area contributed by atoms with Gasteiger partial charge in [0.05, 0.1) is 50.4 Å². The highest BCUT2D eigenvalue weighted by Gasteiger charge is 2.38. The van der Waals surface area contributed by atoms with Crippen LogP contribution in [-0.4, -0.2) is 132 Å². The van der Waals surface area contributed by atoms with E-state index < -0.39 is 12.1 Å². The van der Waals surface area contributed by atoms with Crippen LogP contribution in [0.1, 0.15) is 60.8 Å². The predicted octanol–water partition coefficient (Wildman–Crippen LogP) is 6.34. The number of carbonyl (C=O) groups is 4. The summed E-state index contributed by atoms with van der Waals surface area (Å²) in [6, 6.07) is 32.5. The number of hydrogen-bond donors (Lipinski definition) is 3. The molecule has 0 bridgehead atoms. The molecule has 6 amide bonds. The first-order valence-corrected chi connectivity index (χ1v) is 22.8. The zero-order valence-corrected chi connectivity index (χ0v) is 36.5. The van der Waals surface area contributed by atoms with Crippen LogP contribution in [0.3, 0.4) is 0 Å². The molecule has 4 saturated heterocycles. The van der Waals surface area contributed by atoms with Crippen molar-refractivity contribution in [3.05, 3.63) is 132 Å². The summed E-state index contributed by atoms with van der Waals surface area (Å²) >= 11 is 0. The Morgan fingerprint density at radius 2 is 1.11 bits per heavy atom. The second kappa shape index (κ2) is 20.4. The molecule has 4 fully saturated rings. The van der Waals surface area contributed by atoms with Gasteiger partial charge in [0.2, 0.25) is 11.8 Å². The van der Waals surface area contributed by atoms with E-state index in [1.165, 1.54) is 0 Å². The minimum Gasteiger partial charge on any atom is -0.491 e. The average Bonchev–Trinajstić information content (AvgIpc) is 4.18. The number of aromatic nitrogens is 2. The van der Waals surface area contributed by atoms with Gasteiger partial charge in [0, 0.05) is 39.3 Å². The lowest BCUT2D eigenvalue weighted by molar-refractivity contribution is -0.135. The zero-order chi connectivity index (χ0) is 44.5. The third kappa shape index (κ3) is 10.2. The Bertz CT molecular complexity index is 2390. The largest absolute Gasteiger partial charge is 0.491 e. The van der Waals surface area contributed by atoms with E-state index in [4.69, 9.17) is 19.2 Å². The number of rotatable bonds is 12. The van der Waals surface area contributed by atoms with Crippen molar-refractivity contribution >= 4 is 23.9 Å². The van der Waals surface area contributed by atoms with Crippen molar-refractivity contribution in [3.63, 3.8) is 0 Å². The second-order valence-electron chi connectivity index (χ2n) is 16.9. The van der Waals surface area contributed by atoms with Gasteiger partial charge in [-0.3, -0.25) is 9.59 Å². The number of imidazole rings is 1. The smallest absolute Gasteiger partial charge is 0.318 e. The number of aromatic amines is 1. The number of hydrogen-bond acceptors (Lipinski definition) is 8. The lowest BCUT2D eigenvalue weighted by Gasteiger charge is -2.32. The number of nitrogens with zero attached hydrogens (tertiary/aromatic N) is 5. The summed E-state index contributed by atoms with van der Waals surface area (Å²) in [5, 5.41) is 6.04. The molecule has 5 aromatic rings. The molecule has 0 aliphatic carbocycles. The molecule has 15 heteroatoms. The number of ether oxygens (including phenoxy) is 3. The molecule has 0 saturated carbocycles. The van der Waals surface area contributed by atoms with Crippen molar-refractivity contribution < 1.29 is 33.4 Å². The van der Waals surface area contributed by atoms with Crippen LogP contribution in [0.4, 0.5) is 9.59 Å². The molecule has 4 atom stereocenters. The Hall–Kier alpha value is -6.71. The SMILES string of the molecule is O=C(N[C@@H](C(=O)N1CCC[C@H]1COc1ccc(-c2ccc(-c3cnc([C@@H]4CCCN4C(=O)[C@H](NC(=O)N4CCOCC4)c4ccccc4)[nH]3)cc2)cc1)c1ccccc1)N1CCOCC1. The minimum atomic E-state index is -0.829. The van der Waals surface area contributed by atoms with Crippen LogP contribution < -0.4 is 15.4 Å². The quantitative estimate of drug-likeness (QED) is 0.131. The van der Waals surface area contributed by atoms with Gasteiger partial charge in [-0.2, -0.15) is 0 Å². The molecule has 4 aromatic carbocycles. The Morgan fingerprint density at radius 1 is 0.615 bits per heavy atom. The van der Waals surface area contributed by atoms with Crippen LogP contribution in [0.5, 0.6) is 5.75 Å². The summed E-state index contributed by atoms with van der Waals surface area (Å²) in [6.07, 6.45) is 5.08. The average molecular weight is 881 g/mol. The number of amides is 6. The van der Waals surface area contributed by atoms with Gasteiger partial charge in [0.1, 0.15) is 30.3 Å². The Balaban J connectivity index is 0.813. The van der Waals surface area contributed by atoms with E-state index in [-0.39, 0.29) is 36.0 Å². The molecule has 4 aliphatic heterocycles. The standard InChI is InChI=1S/C50H56N8O7/c59-47(44(38-9-3-1-4-10-38)53-49(61)55-25-29-63-30-26-55)57-23-7-13-40(57)34-65-41-21-19-36(20-22-41)35-15-17-37(18-16-35)42-33-51-46(52-42)43-14-8-24-58(43)48(60)45(39-11-5-2-6-12-39)54-50(62)56-27-31-64-32-28-56/h1-6,9-12,15-22,33,40,43-45H,7-8,13-14,23-32,34H2,(H,51,52)(H,53,61)(H,54,62)/t40-,43-,44+,45+/m0/s1. The highest BCUT2D eigenvalue weighted by Crippen LogP contribution is 2.35. The maximum absolute atomic E-state index is 14.3. The first kappa shape index (κ1) is 43.5. The fourth-order valence-electron chi connectivity index (χ4n) is 9.21. The normalized spacial score (nSPS) is 19.7. The lowest BCUT2D eigenvalue weighted by Crippen LogP contribution is -2.51. The van der Waals surface area contributed by atoms with Crippen molar-refractivity contribution in [2.24, 2.45) is 0 Å². The zero-order valence-electron chi connectivity index (χ0n) is 36.5. The molecule has 3 N–H and O–H groups in total. The maximum Gasteiger partial charge on any atom is 0.318 e. The van der Waals surface area contributed by atoms with Crippen molar-refractivity contribution in [1.82, 2.24) is 40.2 Å². The molecule has 65 heavy (non-hydrogen) atoms. The summed E-state index contributed by atoms with van der Waals surface area (Å²) in [7, 11) is 0. The molecular weight excluding hydrogens is 825 g/mol. The van der Waals surface area contributed by atoms with Gasteiger partial charge in [-0.1, -0.05) is 97.1 Å². The molecule has 9 rings (SSSR count). The van der Waals surface area contributed by atoms with Crippen molar-refractivity contribution in [3.8, 4) is 28.1 Å². The topological polar surface area (TPSA) is 162 Å². The number of benzene rings is 4. The highest BCUT2D eigenvalue weighted by atomic mass is 16.5. The van der Waals surface area contributed by atoms with Crippen LogP contribution >= 0.6 is 0 Å². The molecule has 338 valence electrons. The Kier molecular flexibility index (Phi) is 13.7. The van der Waals surface area contributed by atoms with Crippen LogP contribution in [0.15, 0.2) is 115 Å². The van der Waals surface area contributed by atoms with E-state index in [2.05, 4.69) is 39.9 Å². The van der Waals surface area contributed by atoms with Crippen LogP contribution in [0, 0.1) is 0 Å². The van der Waals surface area contributed by atoms with Crippen LogP contribution in [-0.2, 0) is 19.1 Å². The highest BCUT2D eigenvalue weighted by molar-refractivity contribution is 5.89. The fraction of sp³-hybridized carbons (Fsp3) is 0.380. The van der Waals surface area contributed by atoms with Gasteiger partial charge in [0.25, 0.3) is 0 Å². The van der Waals surface area contributed by atoms with E-state index >= 15 is 0 Å². The molecule has 4 aliphatic rings. The Labute approximate surface area is 379 Å². The first-order valence-electron chi connectivity index (χ1n) is 22.8. The molecule has 1 aromatic heterocycles. The molecule has 0 radical (unpaired) electrons. The number of nitrogens with one attached hydrogen (secondary N) is 3. The fourth-order valence-corrected chi connectivity index (χ4v) is 9.21. The lowest BCUT2D eigenvalue weighted by atomic mass is 10.0. The van der Waals surface area contributed by atoms with Gasteiger partial charge < -0.3 is 49.4 Å². The van der Waals surface area contributed by atoms with E-state index in [0.29, 0.717) is 83.9 Å². The summed E-state index contributed by atoms with van der Waals surface area (Å²) in [5.74, 6) is 1.13. The molecule has 15 nitrogen and oxygen atoms in total. The summed E-state index contributed by atoms with van der Waals surface area (Å²) < 4.78 is 17.1. The number of morpholine rings is 2. The van der Waals surface area contributed by atoms with E-state index in [0.717, 1.165) is 59.2 Å². The van der Waals surface area contributed by atoms with E-state index in [1.807, 2.05) is 101 Å². The van der Waals surface area contributed by atoms with Crippen LogP contribution in [0.25, 0.3) is 22.4 Å². The molecular formula is C50H56N8O7. The number of H-pyrrole nitrogens is 1. The van der Waals surface area contributed by atoms with Crippen molar-refractivity contribution in [2.45, 2.75) is 49.9 Å². The third-order valence-corrected chi connectivity index (χ3v) is 12.8. The van der Waals surface area contributed by atoms with Gasteiger partial charge >= 0.3 is 12.1 Å². The summed E-state index contributed by atoms with van der Waals surface area (Å²) in [6.45, 7) is 5.36. The number of carbonyl (C=O) groups excluding carboxylic acids is 4. The van der Waals surface area contributed by atoms with Gasteiger partial charge in [-0.25, -0.2) is 14.6 Å². The van der Waals surface area contributed by atoms with Gasteiger partial charge in [-0.05, 0) is 65.6 Å². The summed E-state index contributed by atoms with van der Waals surface area (Å²) in [4.78, 5) is 70.3. The number of urea groups is 2. The van der Waals surface area contributed by atoms with Crippen molar-refractivity contribution in [1.29, 1.82) is 0 Å². The minimum absolute atomic E-state index is 0.124. The predicted molar refractivity (Wildman–Crippen MR) is 244 cm³/mol. The van der Waals surface area contributed by atoms with Crippen molar-refractivity contribution in [2.75, 3.05) is 72.3 Å². The Morgan fingerprint density at radius 3 is 1.68 bits per heavy atom. The third-order valence-electron chi connectivity index (χ3n) is 12.8. The number of likely N-dealkylation sites (tertiary alicyclic amines) is 2.